The van der Waals surface area contributed by atoms with E-state index in [0.29, 0.717) is 48.0 Å². The van der Waals surface area contributed by atoms with Crippen LogP contribution in [0.4, 0.5) is 0 Å². The summed E-state index contributed by atoms with van der Waals surface area (Å²) in [4.78, 5) is 45.1. The van der Waals surface area contributed by atoms with Crippen LogP contribution in [0.15, 0.2) is 36.4 Å². The fraction of sp³-hybridized carbons (Fsp3) is 0.541. The zero-order chi connectivity index (χ0) is 34.4. The van der Waals surface area contributed by atoms with Crippen LogP contribution in [-0.2, 0) is 23.1 Å². The van der Waals surface area contributed by atoms with Crippen molar-refractivity contribution in [3.05, 3.63) is 75.6 Å². The van der Waals surface area contributed by atoms with E-state index < -0.39 is 5.41 Å². The summed E-state index contributed by atoms with van der Waals surface area (Å²) in [6.45, 7) is 0.150. The van der Waals surface area contributed by atoms with E-state index in [1.54, 1.807) is 38.0 Å². The molecule has 3 aliphatic carbocycles. The molecule has 1 saturated heterocycles. The van der Waals surface area contributed by atoms with E-state index in [4.69, 9.17) is 0 Å². The number of benzene rings is 2. The molecule has 0 spiro atoms. The van der Waals surface area contributed by atoms with Gasteiger partial charge in [0.15, 0.2) is 5.82 Å². The molecule has 2 saturated carbocycles. The summed E-state index contributed by atoms with van der Waals surface area (Å²) in [7, 11) is 7.00. The van der Waals surface area contributed by atoms with Crippen LogP contribution in [0.2, 0.25) is 0 Å². The number of tetrazole rings is 1. The first-order valence-electron chi connectivity index (χ1n) is 17.5. The van der Waals surface area contributed by atoms with Crippen molar-refractivity contribution in [3.63, 3.8) is 0 Å². The molecule has 4 aliphatic rings. The maximum Gasteiger partial charge on any atom is 0.253 e. The molecule has 2 aromatic carbocycles. The number of rotatable bonds is 9. The predicted molar refractivity (Wildman–Crippen MR) is 182 cm³/mol. The van der Waals surface area contributed by atoms with E-state index in [1.807, 2.05) is 41.3 Å². The van der Waals surface area contributed by atoms with Crippen LogP contribution in [0.25, 0.3) is 0 Å². The normalized spacial score (nSPS) is 22.7. The van der Waals surface area contributed by atoms with E-state index in [-0.39, 0.29) is 42.4 Å². The first kappa shape index (κ1) is 32.9. The average molecular weight is 664 g/mol. The molecule has 3 aromatic rings. The number of fused-ring (bicyclic) bond motifs is 3. The molecule has 2 N–H and O–H groups in total. The number of carbonyl (C=O) groups excluding carboxylic acids is 3. The molecule has 1 aromatic heterocycles. The van der Waals surface area contributed by atoms with Crippen LogP contribution in [0.1, 0.15) is 93.7 Å². The number of likely N-dealkylation sites (tertiary alicyclic amines) is 1. The number of carbonyl (C=O) groups is 3. The molecule has 12 nitrogen and oxygen atoms in total. The lowest BCUT2D eigenvalue weighted by Crippen LogP contribution is -2.49. The Balaban J connectivity index is 1.35. The van der Waals surface area contributed by atoms with E-state index in [2.05, 4.69) is 32.0 Å². The number of nitrogens with zero attached hydrogens (tertiary/aromatic N) is 7. The Hall–Kier alpha value is -4.63. The van der Waals surface area contributed by atoms with Gasteiger partial charge in [-0.05, 0) is 103 Å². The van der Waals surface area contributed by atoms with Crippen molar-refractivity contribution in [2.45, 2.75) is 81.3 Å². The minimum absolute atomic E-state index is 0.0199. The Morgan fingerprint density at radius 1 is 0.980 bits per heavy atom. The Kier molecular flexibility index (Phi) is 8.73. The summed E-state index contributed by atoms with van der Waals surface area (Å²) in [6.07, 6.45) is 7.93. The van der Waals surface area contributed by atoms with Gasteiger partial charge in [-0.25, -0.2) is 0 Å². The van der Waals surface area contributed by atoms with Crippen molar-refractivity contribution in [1.82, 2.24) is 40.6 Å². The molecule has 49 heavy (non-hydrogen) atoms. The number of piperidine rings is 1. The summed E-state index contributed by atoms with van der Waals surface area (Å²) in [5.41, 5.74) is 4.33. The number of hydrogen-bond acceptors (Lipinski definition) is 8. The molecule has 12 heteroatoms. The number of amides is 3. The third-order valence-electron chi connectivity index (χ3n) is 11.4. The highest BCUT2D eigenvalue weighted by Gasteiger charge is 2.54. The average Bonchev–Trinajstić information content (AvgIpc) is 3.51. The molecule has 7 rings (SSSR count). The maximum absolute atomic E-state index is 13.7. The van der Waals surface area contributed by atoms with Gasteiger partial charge in [0.05, 0.1) is 18.0 Å². The van der Waals surface area contributed by atoms with E-state index >= 15 is 0 Å². The second-order valence-corrected chi connectivity index (χ2v) is 14.8. The smallest absolute Gasteiger partial charge is 0.253 e. The molecule has 0 radical (unpaired) electrons. The third-order valence-corrected chi connectivity index (χ3v) is 11.4. The molecule has 2 heterocycles. The van der Waals surface area contributed by atoms with Crippen LogP contribution in [0, 0.1) is 23.2 Å². The predicted octanol–water partition coefficient (Wildman–Crippen LogP) is 3.09. The molecule has 1 aliphatic heterocycles. The van der Waals surface area contributed by atoms with Crippen LogP contribution < -0.4 is 5.32 Å². The summed E-state index contributed by atoms with van der Waals surface area (Å²) >= 11 is 0. The zero-order valence-corrected chi connectivity index (χ0v) is 28.8. The van der Waals surface area contributed by atoms with Crippen LogP contribution >= 0.6 is 0 Å². The monoisotopic (exact) mass is 663 g/mol. The Morgan fingerprint density at radius 3 is 2.12 bits per heavy atom. The van der Waals surface area contributed by atoms with Gasteiger partial charge in [0, 0.05) is 51.4 Å². The fourth-order valence-corrected chi connectivity index (χ4v) is 8.86. The highest BCUT2D eigenvalue weighted by molar-refractivity contribution is 5.95. The van der Waals surface area contributed by atoms with Gasteiger partial charge in [0.2, 0.25) is 5.91 Å². The molecule has 0 bridgehead atoms. The molecular formula is C37H45N9O3. The summed E-state index contributed by atoms with van der Waals surface area (Å²) in [5, 5.41) is 29.6. The van der Waals surface area contributed by atoms with Gasteiger partial charge in [-0.2, -0.15) is 10.5 Å². The molecule has 256 valence electrons. The van der Waals surface area contributed by atoms with E-state index in [0.717, 1.165) is 60.8 Å². The van der Waals surface area contributed by atoms with Crippen molar-refractivity contribution in [2.24, 2.45) is 11.8 Å². The molecule has 1 unspecified atom stereocenters. The van der Waals surface area contributed by atoms with Gasteiger partial charge in [-0.15, -0.1) is 10.2 Å². The zero-order valence-electron chi connectivity index (χ0n) is 28.8. The number of nitrogens with one attached hydrogen (secondary N) is 2. The standard InChI is InChI=1S/C37H45N9O3/c1-44(2)34(48)25-11-13-29-23(15-25)9-10-24-16-26(35(49)45(3)4)12-14-30(24)37(29,36-40-42-43-41-36)19-31(22-7-5-6-8-22)39-21-33(47)46-28(20-38)17-27-18-32(27)46/h11-16,22,27-28,31-32,39H,5-10,17-19,21H2,1-4H3,(H,40,41,42,43)/t27-,28?,31+,32+/m1/s1. The summed E-state index contributed by atoms with van der Waals surface area (Å²) < 4.78 is 0. The summed E-state index contributed by atoms with van der Waals surface area (Å²) in [5.74, 6) is 1.11. The third kappa shape index (κ3) is 5.88. The lowest BCUT2D eigenvalue weighted by Gasteiger charge is -2.39. The minimum Gasteiger partial charge on any atom is -0.345 e. The Morgan fingerprint density at radius 2 is 1.59 bits per heavy atom. The van der Waals surface area contributed by atoms with Crippen LogP contribution in [0.5, 0.6) is 0 Å². The molecular weight excluding hydrogens is 618 g/mol. The van der Waals surface area contributed by atoms with Gasteiger partial charge in [-0.3, -0.25) is 14.4 Å². The van der Waals surface area contributed by atoms with Crippen molar-refractivity contribution < 1.29 is 14.4 Å². The van der Waals surface area contributed by atoms with Gasteiger partial charge in [0.25, 0.3) is 11.8 Å². The number of hydrogen-bond donors (Lipinski definition) is 2. The number of H-pyrrole nitrogens is 1. The SMILES string of the molecule is CN(C)C(=O)c1ccc2c(c1)CCc1cc(C(=O)N(C)C)ccc1C2(C[C@H](NCC(=O)N1C(C#N)C[C@@H]2C[C@@H]21)C1CCCC1)c1nn[nH]n1. The van der Waals surface area contributed by atoms with Crippen molar-refractivity contribution in [3.8, 4) is 6.07 Å². The van der Waals surface area contributed by atoms with Gasteiger partial charge >= 0.3 is 0 Å². The second kappa shape index (κ2) is 13.0. The lowest BCUT2D eigenvalue weighted by atomic mass is 9.66. The van der Waals surface area contributed by atoms with E-state index in [1.165, 1.54) is 0 Å². The number of aromatic nitrogens is 4. The van der Waals surface area contributed by atoms with Gasteiger partial charge in [-0.1, -0.05) is 30.2 Å². The fourth-order valence-electron chi connectivity index (χ4n) is 8.86. The van der Waals surface area contributed by atoms with Crippen LogP contribution in [-0.4, -0.2) is 106 Å². The number of nitriles is 1. The Bertz CT molecular complexity index is 1720. The highest BCUT2D eigenvalue weighted by Crippen LogP contribution is 2.49. The number of aromatic amines is 1. The molecule has 3 fully saturated rings. The topological polar surface area (TPSA) is 151 Å². The largest absolute Gasteiger partial charge is 0.345 e. The maximum atomic E-state index is 13.7. The molecule has 3 amide bonds. The first-order chi connectivity index (χ1) is 23.6. The van der Waals surface area contributed by atoms with Crippen LogP contribution in [0.3, 0.4) is 0 Å². The van der Waals surface area contributed by atoms with Crippen molar-refractivity contribution >= 4 is 17.7 Å². The Labute approximate surface area is 287 Å². The highest BCUT2D eigenvalue weighted by atomic mass is 16.2. The van der Waals surface area contributed by atoms with Crippen molar-refractivity contribution in [2.75, 3.05) is 34.7 Å². The van der Waals surface area contributed by atoms with Gasteiger partial charge in [0.1, 0.15) is 6.04 Å². The quantitative estimate of drug-likeness (QED) is 0.355. The van der Waals surface area contributed by atoms with E-state index in [9.17, 15) is 19.6 Å². The van der Waals surface area contributed by atoms with Crippen molar-refractivity contribution in [1.29, 1.82) is 5.26 Å². The second-order valence-electron chi connectivity index (χ2n) is 14.8. The van der Waals surface area contributed by atoms with Gasteiger partial charge < -0.3 is 20.0 Å². The number of aryl methyl sites for hydroxylation is 2. The first-order valence-corrected chi connectivity index (χ1v) is 17.5. The summed E-state index contributed by atoms with van der Waals surface area (Å²) in [6, 6.07) is 13.9. The molecule has 4 atom stereocenters. The minimum atomic E-state index is -0.902. The lowest BCUT2D eigenvalue weighted by molar-refractivity contribution is -0.131.